The first-order valence-electron chi connectivity index (χ1n) is 9.98. The van der Waals surface area contributed by atoms with Crippen molar-refractivity contribution in [1.29, 1.82) is 0 Å². The van der Waals surface area contributed by atoms with Crippen molar-refractivity contribution in [3.8, 4) is 5.75 Å². The maximum Gasteiger partial charge on any atom is 0.347 e. The molecule has 2 heterocycles. The van der Waals surface area contributed by atoms with E-state index in [9.17, 15) is 14.0 Å². The highest BCUT2D eigenvalue weighted by atomic mass is 18.2. The van der Waals surface area contributed by atoms with Gasteiger partial charge in [-0.05, 0) is 31.5 Å². The van der Waals surface area contributed by atoms with E-state index in [0.29, 0.717) is 12.3 Å². The van der Waals surface area contributed by atoms with E-state index in [1.165, 1.54) is 17.9 Å². The van der Waals surface area contributed by atoms with E-state index in [0.717, 1.165) is 55.8 Å². The maximum absolute atomic E-state index is 12.3. The first kappa shape index (κ1) is 21.0. The number of nitrogens with zero attached hydrogens (tertiary/aromatic N) is 5. The van der Waals surface area contributed by atoms with Gasteiger partial charge in [0.05, 0.1) is 0 Å². The van der Waals surface area contributed by atoms with E-state index in [1.54, 1.807) is 0 Å². The van der Waals surface area contributed by atoms with Crippen LogP contribution >= 0.6 is 0 Å². The fourth-order valence-corrected chi connectivity index (χ4v) is 3.43. The highest BCUT2D eigenvalue weighted by Crippen LogP contribution is 2.22. The van der Waals surface area contributed by atoms with Gasteiger partial charge in [-0.15, -0.1) is 0 Å². The van der Waals surface area contributed by atoms with Crippen molar-refractivity contribution in [2.45, 2.75) is 19.4 Å². The Bertz CT molecular complexity index is 905. The molecule has 0 amide bonds. The lowest BCUT2D eigenvalue weighted by Crippen LogP contribution is -2.46. The summed E-state index contributed by atoms with van der Waals surface area (Å²) in [6.07, 6.45) is 2.97. The molecule has 1 aliphatic rings. The van der Waals surface area contributed by atoms with Gasteiger partial charge >= 0.3 is 5.69 Å². The Morgan fingerprint density at radius 2 is 1.86 bits per heavy atom. The third-order valence-electron chi connectivity index (χ3n) is 5.14. The second-order valence-corrected chi connectivity index (χ2v) is 7.12. The van der Waals surface area contributed by atoms with Crippen LogP contribution in [-0.4, -0.2) is 65.3 Å². The van der Waals surface area contributed by atoms with Gasteiger partial charge in [-0.3, -0.25) is 14.3 Å². The van der Waals surface area contributed by atoms with E-state index < -0.39 is 6.67 Å². The molecule has 8 nitrogen and oxygen atoms in total. The number of anilines is 1. The predicted octanol–water partition coefficient (Wildman–Crippen LogP) is 0.893. The van der Waals surface area contributed by atoms with Crippen molar-refractivity contribution in [3.05, 3.63) is 51.3 Å². The third kappa shape index (κ3) is 5.66. The summed E-state index contributed by atoms with van der Waals surface area (Å²) < 4.78 is 20.1. The van der Waals surface area contributed by atoms with Crippen molar-refractivity contribution >= 4 is 5.69 Å². The zero-order valence-corrected chi connectivity index (χ0v) is 16.8. The van der Waals surface area contributed by atoms with E-state index in [2.05, 4.69) is 21.0 Å². The van der Waals surface area contributed by atoms with Crippen molar-refractivity contribution in [2.75, 3.05) is 50.9 Å². The second kappa shape index (κ2) is 10.2. The number of rotatable bonds is 9. The Hall–Kier alpha value is -2.68. The van der Waals surface area contributed by atoms with Gasteiger partial charge in [-0.1, -0.05) is 6.07 Å². The molecule has 1 aromatic carbocycles. The van der Waals surface area contributed by atoms with Gasteiger partial charge in [0.2, 0.25) is 0 Å². The predicted molar refractivity (Wildman–Crippen MR) is 110 cm³/mol. The van der Waals surface area contributed by atoms with Crippen molar-refractivity contribution in [2.24, 2.45) is 7.05 Å². The molecule has 1 aliphatic heterocycles. The summed E-state index contributed by atoms with van der Waals surface area (Å²) in [6, 6.07) is 7.80. The lowest BCUT2D eigenvalue weighted by molar-refractivity contribution is 0.250. The molecule has 0 bridgehead atoms. The maximum atomic E-state index is 12.3. The van der Waals surface area contributed by atoms with Crippen LogP contribution in [0.1, 0.15) is 12.8 Å². The number of unbranched alkanes of at least 4 members (excludes halogenated alkanes) is 1. The molecule has 2 aromatic rings. The number of hydrogen-bond acceptors (Lipinski definition) is 6. The lowest BCUT2D eigenvalue weighted by atomic mass is 10.2. The fraction of sp³-hybridized carbons (Fsp3) is 0.550. The van der Waals surface area contributed by atoms with Crippen molar-refractivity contribution < 1.29 is 9.13 Å². The van der Waals surface area contributed by atoms with Crippen LogP contribution in [0.2, 0.25) is 0 Å². The van der Waals surface area contributed by atoms with Crippen molar-refractivity contribution in [1.82, 2.24) is 19.2 Å². The monoisotopic (exact) mass is 404 g/mol. The van der Waals surface area contributed by atoms with E-state index >= 15 is 0 Å². The van der Waals surface area contributed by atoms with Crippen LogP contribution < -0.4 is 20.9 Å². The molecule has 1 aromatic heterocycles. The average Bonchev–Trinajstić information content (AvgIpc) is 2.75. The molecule has 9 heteroatoms. The Morgan fingerprint density at radius 1 is 1.10 bits per heavy atom. The van der Waals surface area contributed by atoms with Gasteiger partial charge in [-0.25, -0.2) is 13.9 Å². The third-order valence-corrected chi connectivity index (χ3v) is 5.14. The zero-order valence-electron chi connectivity index (χ0n) is 16.8. The summed E-state index contributed by atoms with van der Waals surface area (Å²) in [7, 11) is 1.46. The van der Waals surface area contributed by atoms with Gasteiger partial charge in [0.25, 0.3) is 5.56 Å². The quantitative estimate of drug-likeness (QED) is 0.578. The molecule has 0 unspecified atom stereocenters. The number of piperazine rings is 1. The Labute approximate surface area is 169 Å². The molecule has 3 rings (SSSR count). The van der Waals surface area contributed by atoms with Gasteiger partial charge in [-0.2, -0.15) is 5.10 Å². The van der Waals surface area contributed by atoms with Gasteiger partial charge in [0.15, 0.2) is 0 Å². The molecule has 29 heavy (non-hydrogen) atoms. The second-order valence-electron chi connectivity index (χ2n) is 7.12. The fourth-order valence-electron chi connectivity index (χ4n) is 3.43. The molecule has 0 radical (unpaired) electrons. The minimum Gasteiger partial charge on any atom is -0.491 e. The number of halogens is 1. The van der Waals surface area contributed by atoms with Crippen LogP contribution in [0.5, 0.6) is 5.75 Å². The number of ether oxygens (including phenoxy) is 1. The number of benzene rings is 1. The summed E-state index contributed by atoms with van der Waals surface area (Å²) in [5.74, 6) is 0.699. The van der Waals surface area contributed by atoms with Crippen LogP contribution in [0.4, 0.5) is 10.1 Å². The smallest absolute Gasteiger partial charge is 0.347 e. The largest absolute Gasteiger partial charge is 0.491 e. The highest BCUT2D eigenvalue weighted by Gasteiger charge is 2.17. The van der Waals surface area contributed by atoms with E-state index in [4.69, 9.17) is 4.74 Å². The number of aromatic nitrogens is 3. The number of aryl methyl sites for hydroxylation is 1. The number of hydrogen-bond donors (Lipinski definition) is 0. The van der Waals surface area contributed by atoms with Gasteiger partial charge < -0.3 is 9.64 Å². The van der Waals surface area contributed by atoms with Crippen LogP contribution in [0.3, 0.4) is 0 Å². The van der Waals surface area contributed by atoms with Crippen LogP contribution in [0.25, 0.3) is 0 Å². The molecule has 1 fully saturated rings. The van der Waals surface area contributed by atoms with Crippen molar-refractivity contribution in [3.63, 3.8) is 0 Å². The summed E-state index contributed by atoms with van der Waals surface area (Å²) >= 11 is 0. The Balaban J connectivity index is 1.41. The summed E-state index contributed by atoms with van der Waals surface area (Å²) in [5.41, 5.74) is 0.341. The van der Waals surface area contributed by atoms with Crippen LogP contribution in [-0.2, 0) is 13.6 Å². The van der Waals surface area contributed by atoms with Crippen LogP contribution in [0, 0.1) is 0 Å². The SMILES string of the molecule is Cn1c(=O)cnn(CCCCN2CCN(c3cccc(OCC[18F])c3)CC2)c1=O. The molecule has 0 aliphatic carbocycles. The Morgan fingerprint density at radius 3 is 2.62 bits per heavy atom. The molecular formula is C20H28FN5O3. The number of alkyl halides is 1. The normalized spacial score (nSPS) is 14.9. The molecule has 0 saturated carbocycles. The molecule has 0 N–H and O–H groups in total. The summed E-state index contributed by atoms with van der Waals surface area (Å²) in [5, 5.41) is 3.91. The molecule has 0 spiro atoms. The summed E-state index contributed by atoms with van der Waals surface area (Å²) in [6.45, 7) is 4.85. The zero-order chi connectivity index (χ0) is 20.6. The first-order chi connectivity index (χ1) is 14.1. The molecule has 1 saturated heterocycles. The molecular weight excluding hydrogens is 376 g/mol. The Kier molecular flexibility index (Phi) is 7.40. The molecule has 0 atom stereocenters. The summed E-state index contributed by atoms with van der Waals surface area (Å²) in [4.78, 5) is 28.1. The topological polar surface area (TPSA) is 72.6 Å². The molecule has 158 valence electrons. The van der Waals surface area contributed by atoms with Crippen LogP contribution in [0.15, 0.2) is 40.1 Å². The van der Waals surface area contributed by atoms with E-state index in [1.807, 2.05) is 18.2 Å². The lowest BCUT2D eigenvalue weighted by Gasteiger charge is -2.36. The van der Waals surface area contributed by atoms with Gasteiger partial charge in [0, 0.05) is 51.5 Å². The highest BCUT2D eigenvalue weighted by molar-refractivity contribution is 5.51. The standard InChI is InChI=1S/C20H28FN5O3/c1-23-19(27)16-22-26(20(23)28)9-3-2-8-24-10-12-25(13-11-24)17-5-4-6-18(15-17)29-14-7-21/h4-6,15-16H,2-3,7-14H2,1H3/i21-1. The minimum absolute atomic E-state index is 0.0815. The minimum atomic E-state index is -0.490. The van der Waals surface area contributed by atoms with E-state index in [-0.39, 0.29) is 17.9 Å². The first-order valence-corrected chi connectivity index (χ1v) is 9.98. The van der Waals surface area contributed by atoms with Gasteiger partial charge in [0.1, 0.15) is 25.2 Å². The average molecular weight is 404 g/mol.